The van der Waals surface area contributed by atoms with Gasteiger partial charge in [0, 0.05) is 12.1 Å². The Morgan fingerprint density at radius 3 is 2.27 bits per heavy atom. The number of hydrogen-bond donors (Lipinski definition) is 0. The number of halogens is 5. The third-order valence-electron chi connectivity index (χ3n) is 3.26. The summed E-state index contributed by atoms with van der Waals surface area (Å²) in [5.74, 6) is -5.81. The summed E-state index contributed by atoms with van der Waals surface area (Å²) >= 11 is 6.16. The molecule has 0 unspecified atom stereocenters. The fourth-order valence-electron chi connectivity index (χ4n) is 1.89. The van der Waals surface area contributed by atoms with E-state index < -0.39 is 28.4 Å². The third-order valence-corrected chi connectivity index (χ3v) is 4.61. The van der Waals surface area contributed by atoms with Gasteiger partial charge in [0.2, 0.25) is 0 Å². The lowest BCUT2D eigenvalue weighted by atomic mass is 10.3. The molecule has 1 aromatic carbocycles. The maximum Gasteiger partial charge on any atom is 0.252 e. The molecule has 0 aliphatic rings. The third kappa shape index (κ3) is 3.75. The minimum absolute atomic E-state index is 0.00965. The van der Waals surface area contributed by atoms with Crippen molar-refractivity contribution in [3.05, 3.63) is 58.6 Å². The van der Waals surface area contributed by atoms with Crippen LogP contribution in [0.1, 0.15) is 5.82 Å². The van der Waals surface area contributed by atoms with Crippen molar-refractivity contribution >= 4 is 23.4 Å². The van der Waals surface area contributed by atoms with Crippen molar-refractivity contribution < 1.29 is 22.3 Å². The van der Waals surface area contributed by atoms with E-state index in [1.807, 2.05) is 0 Å². The normalized spacial score (nSPS) is 11.0. The van der Waals surface area contributed by atoms with E-state index in [9.17, 15) is 17.6 Å². The molecule has 3 aromatic rings. The monoisotopic (exact) mass is 404 g/mol. The van der Waals surface area contributed by atoms with E-state index >= 15 is 0 Å². The molecule has 0 saturated carbocycles. The number of pyridine rings is 1. The lowest BCUT2D eigenvalue weighted by Gasteiger charge is -2.07. The molecular formula is C15H9ClF4N4OS. The number of rotatable bonds is 5. The summed E-state index contributed by atoms with van der Waals surface area (Å²) in [7, 11) is 1.52. The molecule has 0 aliphatic carbocycles. The number of ether oxygens (including phenoxy) is 1. The largest absolute Gasteiger partial charge is 0.486 e. The number of nitrogens with zero attached hydrogens (tertiary/aromatic N) is 4. The second-order valence-corrected chi connectivity index (χ2v) is 6.37. The van der Waals surface area contributed by atoms with Crippen molar-refractivity contribution in [2.45, 2.75) is 16.7 Å². The molecular weight excluding hydrogens is 396 g/mol. The molecule has 0 amide bonds. The first-order valence-electron chi connectivity index (χ1n) is 7.01. The van der Waals surface area contributed by atoms with Crippen LogP contribution in [0.3, 0.4) is 0 Å². The zero-order chi connectivity index (χ0) is 18.8. The van der Waals surface area contributed by atoms with E-state index in [2.05, 4.69) is 15.2 Å². The maximum absolute atomic E-state index is 13.7. The predicted molar refractivity (Wildman–Crippen MR) is 85.0 cm³/mol. The molecule has 0 aliphatic heterocycles. The molecule has 0 bridgehead atoms. The average molecular weight is 405 g/mol. The fourth-order valence-corrected chi connectivity index (χ4v) is 2.87. The molecule has 0 N–H and O–H groups in total. The highest BCUT2D eigenvalue weighted by Crippen LogP contribution is 2.32. The summed E-state index contributed by atoms with van der Waals surface area (Å²) < 4.78 is 60.7. The van der Waals surface area contributed by atoms with Gasteiger partial charge in [0.15, 0.2) is 22.6 Å². The van der Waals surface area contributed by atoms with Crippen LogP contribution >= 0.6 is 23.4 Å². The Balaban J connectivity index is 1.78. The van der Waals surface area contributed by atoms with Crippen molar-refractivity contribution in [1.29, 1.82) is 0 Å². The molecule has 2 heterocycles. The molecule has 11 heteroatoms. The van der Waals surface area contributed by atoms with Crippen LogP contribution in [0.25, 0.3) is 0 Å². The Labute approximate surface area is 154 Å². The summed E-state index contributed by atoms with van der Waals surface area (Å²) in [5, 5.41) is 8.16. The number of benzene rings is 1. The van der Waals surface area contributed by atoms with E-state index in [0.717, 1.165) is 0 Å². The van der Waals surface area contributed by atoms with Crippen LogP contribution in [0.15, 0.2) is 34.3 Å². The van der Waals surface area contributed by atoms with Crippen LogP contribution in [0.2, 0.25) is 5.02 Å². The molecule has 26 heavy (non-hydrogen) atoms. The molecule has 0 fully saturated rings. The Kier molecular flexibility index (Phi) is 5.33. The van der Waals surface area contributed by atoms with Crippen LogP contribution < -0.4 is 4.74 Å². The van der Waals surface area contributed by atoms with Gasteiger partial charge in [-0.2, -0.15) is 13.8 Å². The first kappa shape index (κ1) is 18.5. The minimum atomic E-state index is -1.74. The zero-order valence-electron chi connectivity index (χ0n) is 13.0. The van der Waals surface area contributed by atoms with Crippen LogP contribution in [0.5, 0.6) is 5.75 Å². The molecule has 136 valence electrons. The number of hydrogen-bond acceptors (Lipinski definition) is 5. The van der Waals surface area contributed by atoms with Gasteiger partial charge >= 0.3 is 0 Å². The van der Waals surface area contributed by atoms with Gasteiger partial charge in [-0.15, -0.1) is 10.2 Å². The summed E-state index contributed by atoms with van der Waals surface area (Å²) in [5.41, 5.74) is 0. The molecule has 0 saturated heterocycles. The lowest BCUT2D eigenvalue weighted by Crippen LogP contribution is -2.05. The summed E-state index contributed by atoms with van der Waals surface area (Å²) in [6, 6.07) is 6.60. The first-order chi connectivity index (χ1) is 12.4. The van der Waals surface area contributed by atoms with Crippen LogP contribution in [-0.4, -0.2) is 19.7 Å². The molecule has 0 spiro atoms. The van der Waals surface area contributed by atoms with Crippen molar-refractivity contribution in [3.8, 4) is 5.75 Å². The van der Waals surface area contributed by atoms with E-state index in [4.69, 9.17) is 16.3 Å². The van der Waals surface area contributed by atoms with Gasteiger partial charge < -0.3 is 9.30 Å². The Morgan fingerprint density at radius 1 is 1.04 bits per heavy atom. The molecule has 2 aromatic heterocycles. The van der Waals surface area contributed by atoms with Crippen LogP contribution in [-0.2, 0) is 13.7 Å². The smallest absolute Gasteiger partial charge is 0.252 e. The fraction of sp³-hybridized carbons (Fsp3) is 0.133. The van der Waals surface area contributed by atoms with E-state index in [1.165, 1.54) is 11.6 Å². The Hall–Kier alpha value is -2.33. The highest BCUT2D eigenvalue weighted by molar-refractivity contribution is 7.99. The molecule has 5 nitrogen and oxygen atoms in total. The second-order valence-electron chi connectivity index (χ2n) is 4.95. The van der Waals surface area contributed by atoms with E-state index in [0.29, 0.717) is 28.4 Å². The SMILES string of the molecule is Cn1c(COc2ccc(Cl)cc2)nnc1Sc1c(F)c(F)nc(F)c1F. The van der Waals surface area contributed by atoms with Crippen LogP contribution in [0, 0.1) is 23.5 Å². The van der Waals surface area contributed by atoms with E-state index in [-0.39, 0.29) is 11.8 Å². The summed E-state index contributed by atoms with van der Waals surface area (Å²) in [6.07, 6.45) is 0. The van der Waals surface area contributed by atoms with E-state index in [1.54, 1.807) is 24.3 Å². The van der Waals surface area contributed by atoms with Gasteiger partial charge in [-0.25, -0.2) is 8.78 Å². The first-order valence-corrected chi connectivity index (χ1v) is 8.20. The topological polar surface area (TPSA) is 52.8 Å². The maximum atomic E-state index is 13.7. The van der Waals surface area contributed by atoms with Gasteiger partial charge in [-0.3, -0.25) is 0 Å². The lowest BCUT2D eigenvalue weighted by molar-refractivity contribution is 0.290. The van der Waals surface area contributed by atoms with Crippen molar-refractivity contribution in [3.63, 3.8) is 0 Å². The Morgan fingerprint density at radius 2 is 1.65 bits per heavy atom. The van der Waals surface area contributed by atoms with Crippen molar-refractivity contribution in [2.75, 3.05) is 0 Å². The predicted octanol–water partition coefficient (Wildman–Crippen LogP) is 4.15. The molecule has 0 radical (unpaired) electrons. The summed E-state index contributed by atoms with van der Waals surface area (Å²) in [4.78, 5) is 1.61. The van der Waals surface area contributed by atoms with Gasteiger partial charge in [0.1, 0.15) is 12.4 Å². The quantitative estimate of drug-likeness (QED) is 0.472. The number of aromatic nitrogens is 4. The minimum Gasteiger partial charge on any atom is -0.486 e. The van der Waals surface area contributed by atoms with Gasteiger partial charge in [-0.05, 0) is 36.0 Å². The molecule has 0 atom stereocenters. The van der Waals surface area contributed by atoms with Crippen molar-refractivity contribution in [1.82, 2.24) is 19.7 Å². The van der Waals surface area contributed by atoms with Gasteiger partial charge in [0.05, 0.1) is 4.90 Å². The Bertz CT molecular complexity index is 926. The molecule has 3 rings (SSSR count). The van der Waals surface area contributed by atoms with Gasteiger partial charge in [0.25, 0.3) is 11.9 Å². The summed E-state index contributed by atoms with van der Waals surface area (Å²) in [6.45, 7) is 0.00965. The average Bonchev–Trinajstić information content (AvgIpc) is 2.96. The highest BCUT2D eigenvalue weighted by atomic mass is 35.5. The zero-order valence-corrected chi connectivity index (χ0v) is 14.6. The van der Waals surface area contributed by atoms with Crippen LogP contribution in [0.4, 0.5) is 17.6 Å². The second kappa shape index (κ2) is 7.50. The van der Waals surface area contributed by atoms with Crippen molar-refractivity contribution in [2.24, 2.45) is 7.05 Å². The highest BCUT2D eigenvalue weighted by Gasteiger charge is 2.24. The standard InChI is InChI=1S/C15H9ClF4N4OS/c1-24-9(6-25-8-4-2-7(16)3-5-8)22-23-15(24)26-12-10(17)13(19)21-14(20)11(12)18/h2-5H,6H2,1H3. The van der Waals surface area contributed by atoms with Gasteiger partial charge in [-0.1, -0.05) is 11.6 Å².